The van der Waals surface area contributed by atoms with Crippen LogP contribution in [0.3, 0.4) is 0 Å². The van der Waals surface area contributed by atoms with E-state index in [1.807, 2.05) is 4.90 Å². The number of carbonyl (C=O) groups is 1. The summed E-state index contributed by atoms with van der Waals surface area (Å²) in [6.07, 6.45) is -2.64. The molecule has 2 aromatic heterocycles. The third kappa shape index (κ3) is 7.02. The van der Waals surface area contributed by atoms with Gasteiger partial charge in [-0.05, 0) is 73.9 Å². The minimum Gasteiger partial charge on any atom is -0.480 e. The van der Waals surface area contributed by atoms with Gasteiger partial charge in [-0.25, -0.2) is 18.1 Å². The molecular weight excluding hydrogens is 649 g/mol. The fourth-order valence-electron chi connectivity index (χ4n) is 6.44. The van der Waals surface area contributed by atoms with Crippen LogP contribution >= 0.6 is 0 Å². The van der Waals surface area contributed by atoms with Crippen LogP contribution in [0, 0.1) is 19.3 Å². The molecule has 1 unspecified atom stereocenters. The minimum atomic E-state index is -4.84. The van der Waals surface area contributed by atoms with Gasteiger partial charge in [0, 0.05) is 43.7 Å². The number of aliphatic carboxylic acids is 1. The molecule has 2 aromatic carbocycles. The second-order valence-corrected chi connectivity index (χ2v) is 14.6. The predicted molar refractivity (Wildman–Crippen MR) is 171 cm³/mol. The number of alkyl halides is 3. The first-order valence-electron chi connectivity index (χ1n) is 15.4. The summed E-state index contributed by atoms with van der Waals surface area (Å²) in [6.45, 7) is 5.03. The van der Waals surface area contributed by atoms with Crippen molar-refractivity contribution >= 4 is 21.6 Å². The Kier molecular flexibility index (Phi) is 8.70. The molecule has 2 fully saturated rings. The van der Waals surface area contributed by atoms with E-state index in [2.05, 4.69) is 20.4 Å². The lowest BCUT2D eigenvalue weighted by Crippen LogP contribution is -2.41. The molecule has 0 bridgehead atoms. The summed E-state index contributed by atoms with van der Waals surface area (Å²) in [7, 11) is -3.43. The highest BCUT2D eigenvalue weighted by atomic mass is 32.2. The number of piperidine rings is 1. The van der Waals surface area contributed by atoms with Crippen molar-refractivity contribution in [3.05, 3.63) is 77.9 Å². The van der Waals surface area contributed by atoms with E-state index in [-0.39, 0.29) is 33.3 Å². The SMILES string of the molecule is Cc1ccn(-c2cc(-c3ccc(S(C)(=O)=O)cc3)ccc2[C@@H](Oc2cc(N3CCC4(CC3)CNC(C(=O)O)C4)nc(C)n2)C(F)(F)F)n1. The number of nitrogens with one attached hydrogen (secondary N) is 1. The standard InChI is InChI=1S/C33H35F3N6O5S/c1-20-10-13-42(40-20)27-16-23(22-4-7-24(8-5-22)48(3,45)46)6-9-25(27)30(33(34,35)36)47-29-17-28(38-21(2)39-29)41-14-11-32(12-15-41)18-26(31(43)44)37-19-32/h4-10,13,16-17,26,30,37H,11-12,14-15,18-19H2,1-3H3,(H,43,44)/t26?,30-/m1/s1. The summed E-state index contributed by atoms with van der Waals surface area (Å²) in [5, 5.41) is 16.9. The number of carboxylic acid groups (broad SMARTS) is 1. The highest BCUT2D eigenvalue weighted by Gasteiger charge is 2.46. The van der Waals surface area contributed by atoms with Gasteiger partial charge in [-0.1, -0.05) is 24.3 Å². The van der Waals surface area contributed by atoms with Crippen molar-refractivity contribution in [3.8, 4) is 22.7 Å². The van der Waals surface area contributed by atoms with Crippen molar-refractivity contribution in [2.75, 3.05) is 30.8 Å². The van der Waals surface area contributed by atoms with Gasteiger partial charge in [-0.15, -0.1) is 0 Å². The molecule has 6 rings (SSSR count). The number of halogens is 3. The molecule has 15 heteroatoms. The summed E-state index contributed by atoms with van der Waals surface area (Å²) < 4.78 is 75.5. The first kappa shape index (κ1) is 33.4. The Balaban J connectivity index is 1.31. The fourth-order valence-corrected chi connectivity index (χ4v) is 7.08. The van der Waals surface area contributed by atoms with Crippen LogP contribution in [0.5, 0.6) is 5.88 Å². The van der Waals surface area contributed by atoms with E-state index in [1.54, 1.807) is 44.3 Å². The summed E-state index contributed by atoms with van der Waals surface area (Å²) in [4.78, 5) is 22.2. The summed E-state index contributed by atoms with van der Waals surface area (Å²) in [6, 6.07) is 13.0. The molecule has 11 nitrogen and oxygen atoms in total. The van der Waals surface area contributed by atoms with Crippen LogP contribution in [0.15, 0.2) is 65.7 Å². The molecule has 4 aromatic rings. The average Bonchev–Trinajstić information content (AvgIpc) is 3.65. The zero-order chi connectivity index (χ0) is 34.4. The topological polar surface area (TPSA) is 140 Å². The second-order valence-electron chi connectivity index (χ2n) is 12.6. The molecule has 2 aliphatic rings. The van der Waals surface area contributed by atoms with Crippen molar-refractivity contribution < 1.29 is 36.2 Å². The van der Waals surface area contributed by atoms with E-state index in [1.165, 1.54) is 35.0 Å². The van der Waals surface area contributed by atoms with Gasteiger partial charge < -0.3 is 20.1 Å². The number of hydrogen-bond acceptors (Lipinski definition) is 9. The maximum Gasteiger partial charge on any atom is 0.429 e. The summed E-state index contributed by atoms with van der Waals surface area (Å²) in [5.74, 6) is -0.431. The molecule has 2 atom stereocenters. The van der Waals surface area contributed by atoms with Crippen LogP contribution < -0.4 is 15.0 Å². The lowest BCUT2D eigenvalue weighted by Gasteiger charge is -2.39. The number of nitrogens with zero attached hydrogens (tertiary/aromatic N) is 5. The highest BCUT2D eigenvalue weighted by Crippen LogP contribution is 2.42. The van der Waals surface area contributed by atoms with E-state index in [0.717, 1.165) is 6.26 Å². The van der Waals surface area contributed by atoms with Crippen molar-refractivity contribution in [3.63, 3.8) is 0 Å². The number of sulfone groups is 1. The Morgan fingerprint density at radius 2 is 1.73 bits per heavy atom. The van der Waals surface area contributed by atoms with E-state index >= 15 is 0 Å². The number of anilines is 1. The fraction of sp³-hybridized carbons (Fsp3) is 0.394. The van der Waals surface area contributed by atoms with Gasteiger partial charge in [0.2, 0.25) is 12.0 Å². The molecule has 0 amide bonds. The largest absolute Gasteiger partial charge is 0.480 e. The van der Waals surface area contributed by atoms with Crippen LogP contribution in [0.4, 0.5) is 19.0 Å². The molecule has 254 valence electrons. The van der Waals surface area contributed by atoms with Gasteiger partial charge in [0.1, 0.15) is 17.7 Å². The van der Waals surface area contributed by atoms with Gasteiger partial charge in [0.05, 0.1) is 16.3 Å². The number of hydrogen-bond donors (Lipinski definition) is 2. The van der Waals surface area contributed by atoms with Gasteiger partial charge >= 0.3 is 12.1 Å². The van der Waals surface area contributed by atoms with Gasteiger partial charge in [-0.2, -0.15) is 23.3 Å². The molecular formula is C33H35F3N6O5S. The summed E-state index contributed by atoms with van der Waals surface area (Å²) >= 11 is 0. The smallest absolute Gasteiger partial charge is 0.429 e. The molecule has 2 N–H and O–H groups in total. The highest BCUT2D eigenvalue weighted by molar-refractivity contribution is 7.90. The zero-order valence-corrected chi connectivity index (χ0v) is 27.3. The lowest BCUT2D eigenvalue weighted by atomic mass is 9.76. The van der Waals surface area contributed by atoms with Crippen LogP contribution in [0.2, 0.25) is 0 Å². The predicted octanol–water partition coefficient (Wildman–Crippen LogP) is 5.07. The molecule has 2 saturated heterocycles. The quantitative estimate of drug-likeness (QED) is 0.259. The Hall–Kier alpha value is -4.50. The molecule has 1 spiro atoms. The van der Waals surface area contributed by atoms with Crippen molar-refractivity contribution in [1.29, 1.82) is 0 Å². The van der Waals surface area contributed by atoms with Crippen molar-refractivity contribution in [2.24, 2.45) is 5.41 Å². The van der Waals surface area contributed by atoms with E-state index in [4.69, 9.17) is 4.74 Å². The van der Waals surface area contributed by atoms with Crippen molar-refractivity contribution in [2.45, 2.75) is 56.3 Å². The minimum absolute atomic E-state index is 0.127. The van der Waals surface area contributed by atoms with Crippen LogP contribution in [0.25, 0.3) is 16.8 Å². The summed E-state index contributed by atoms with van der Waals surface area (Å²) in [5.41, 5.74) is 1.55. The molecule has 0 aliphatic carbocycles. The lowest BCUT2D eigenvalue weighted by molar-refractivity contribution is -0.198. The molecule has 48 heavy (non-hydrogen) atoms. The maximum absolute atomic E-state index is 14.9. The Bertz CT molecular complexity index is 1940. The maximum atomic E-state index is 14.9. The van der Waals surface area contributed by atoms with Gasteiger partial charge in [0.25, 0.3) is 0 Å². The number of ether oxygens (including phenoxy) is 1. The Morgan fingerprint density at radius 3 is 2.31 bits per heavy atom. The Labute approximate surface area is 275 Å². The van der Waals surface area contributed by atoms with Gasteiger partial charge in [-0.3, -0.25) is 4.79 Å². The first-order chi connectivity index (χ1) is 22.6. The average molecular weight is 685 g/mol. The number of rotatable bonds is 8. The molecule has 0 saturated carbocycles. The third-order valence-corrected chi connectivity index (χ3v) is 10.2. The van der Waals surface area contributed by atoms with E-state index in [9.17, 15) is 31.5 Å². The number of benzene rings is 2. The normalized spacial score (nSPS) is 18.6. The van der Waals surface area contributed by atoms with Gasteiger partial charge in [0.15, 0.2) is 9.84 Å². The van der Waals surface area contributed by atoms with Crippen molar-refractivity contribution in [1.82, 2.24) is 25.1 Å². The zero-order valence-electron chi connectivity index (χ0n) is 26.5. The van der Waals surface area contributed by atoms with E-state index < -0.39 is 34.1 Å². The van der Waals surface area contributed by atoms with E-state index in [0.29, 0.717) is 61.5 Å². The molecule has 0 radical (unpaired) electrons. The molecule has 4 heterocycles. The number of carboxylic acids is 1. The van der Waals surface area contributed by atoms with Crippen LogP contribution in [0.1, 0.15) is 42.4 Å². The second kappa shape index (κ2) is 12.5. The number of aryl methyl sites for hydroxylation is 2. The third-order valence-electron chi connectivity index (χ3n) is 9.04. The van der Waals surface area contributed by atoms with Crippen LogP contribution in [-0.4, -0.2) is 77.4 Å². The Morgan fingerprint density at radius 1 is 1.04 bits per heavy atom. The first-order valence-corrected chi connectivity index (χ1v) is 17.3. The molecule has 2 aliphatic heterocycles. The number of aromatic nitrogens is 4. The monoisotopic (exact) mass is 684 g/mol. The van der Waals surface area contributed by atoms with Crippen LogP contribution in [-0.2, 0) is 14.6 Å².